The Kier molecular flexibility index (Phi) is 4.53. The summed E-state index contributed by atoms with van der Waals surface area (Å²) in [4.78, 5) is 0. The number of hydrogen-bond donors (Lipinski definition) is 0. The van der Waals surface area contributed by atoms with E-state index in [1.54, 1.807) is 14.2 Å². The van der Waals surface area contributed by atoms with Crippen LogP contribution in [0, 0.1) is 0 Å². The molecule has 1 rings (SSSR count). The predicted molar refractivity (Wildman–Crippen MR) is 62.4 cm³/mol. The Labute approximate surface area is 92.7 Å². The van der Waals surface area contributed by atoms with E-state index in [4.69, 9.17) is 9.47 Å². The number of ether oxygens (including phenoxy) is 2. The average molecular weight is 257 g/mol. The largest absolute Gasteiger partial charge is 0.493 e. The number of hydrogen-bond acceptors (Lipinski definition) is 2. The Morgan fingerprint density at radius 3 is 2.64 bits per heavy atom. The first kappa shape index (κ1) is 11.1. The first-order valence-electron chi connectivity index (χ1n) is 4.27. The molecule has 0 radical (unpaired) electrons. The van der Waals surface area contributed by atoms with Crippen molar-refractivity contribution in [3.8, 4) is 11.5 Å². The lowest BCUT2D eigenvalue weighted by molar-refractivity contribution is 0.354. The van der Waals surface area contributed by atoms with E-state index in [0.717, 1.165) is 22.4 Å². The van der Waals surface area contributed by atoms with E-state index in [9.17, 15) is 0 Å². The van der Waals surface area contributed by atoms with Crippen molar-refractivity contribution in [3.05, 3.63) is 29.8 Å². The third-order valence-corrected chi connectivity index (χ3v) is 2.19. The number of allylic oxidation sites excluding steroid dienone is 1. The normalized spacial score (nSPS) is 10.5. The molecule has 0 aromatic heterocycles. The maximum absolute atomic E-state index is 5.27. The molecule has 0 aliphatic heterocycles. The predicted octanol–water partition coefficient (Wildman–Crippen LogP) is 3.11. The van der Waals surface area contributed by atoms with Crippen LogP contribution >= 0.6 is 15.9 Å². The topological polar surface area (TPSA) is 18.5 Å². The maximum Gasteiger partial charge on any atom is 0.167 e. The van der Waals surface area contributed by atoms with Crippen LogP contribution in [0.25, 0.3) is 6.08 Å². The van der Waals surface area contributed by atoms with Crippen molar-refractivity contribution in [2.45, 2.75) is 0 Å². The van der Waals surface area contributed by atoms with E-state index in [-0.39, 0.29) is 0 Å². The van der Waals surface area contributed by atoms with Crippen LogP contribution in [0.1, 0.15) is 5.56 Å². The van der Waals surface area contributed by atoms with Crippen LogP contribution in [-0.4, -0.2) is 19.5 Å². The Bertz CT molecular complexity index is 321. The van der Waals surface area contributed by atoms with Crippen molar-refractivity contribution in [2.24, 2.45) is 0 Å². The summed E-state index contributed by atoms with van der Waals surface area (Å²) >= 11 is 3.33. The molecule has 0 saturated heterocycles. The lowest BCUT2D eigenvalue weighted by Crippen LogP contribution is -1.92. The van der Waals surface area contributed by atoms with Crippen molar-refractivity contribution in [1.82, 2.24) is 0 Å². The van der Waals surface area contributed by atoms with Crippen LogP contribution in [0.3, 0.4) is 0 Å². The van der Waals surface area contributed by atoms with Crippen molar-refractivity contribution < 1.29 is 9.47 Å². The molecule has 3 heteroatoms. The van der Waals surface area contributed by atoms with Crippen LogP contribution in [0.4, 0.5) is 0 Å². The Morgan fingerprint density at radius 2 is 2.07 bits per heavy atom. The molecule has 0 unspecified atom stereocenters. The standard InChI is InChI=1S/C11H13BrO2/c1-13-10-7-3-5-9(6-4-8-12)11(10)14-2/h3-7H,8H2,1-2H3. The summed E-state index contributed by atoms with van der Waals surface area (Å²) in [6, 6.07) is 5.81. The molecular formula is C11H13BrO2. The van der Waals surface area contributed by atoms with Gasteiger partial charge in [-0.1, -0.05) is 40.2 Å². The van der Waals surface area contributed by atoms with E-state index in [2.05, 4.69) is 15.9 Å². The van der Waals surface area contributed by atoms with Gasteiger partial charge < -0.3 is 9.47 Å². The highest BCUT2D eigenvalue weighted by Crippen LogP contribution is 2.31. The molecule has 1 aromatic rings. The number of alkyl halides is 1. The van der Waals surface area contributed by atoms with Gasteiger partial charge in [-0.05, 0) is 6.07 Å². The molecule has 0 aliphatic rings. The molecule has 14 heavy (non-hydrogen) atoms. The highest BCUT2D eigenvalue weighted by molar-refractivity contribution is 9.09. The molecule has 1 aromatic carbocycles. The van der Waals surface area contributed by atoms with Gasteiger partial charge in [0.05, 0.1) is 14.2 Å². The third kappa shape index (κ3) is 2.51. The molecule has 0 amide bonds. The molecule has 0 bridgehead atoms. The second kappa shape index (κ2) is 5.70. The van der Waals surface area contributed by atoms with Gasteiger partial charge in [-0.3, -0.25) is 0 Å². The Morgan fingerprint density at radius 1 is 1.29 bits per heavy atom. The monoisotopic (exact) mass is 256 g/mol. The first-order valence-corrected chi connectivity index (χ1v) is 5.39. The van der Waals surface area contributed by atoms with Gasteiger partial charge in [0.25, 0.3) is 0 Å². The van der Waals surface area contributed by atoms with Crippen LogP contribution in [0.2, 0.25) is 0 Å². The van der Waals surface area contributed by atoms with Gasteiger partial charge in [-0.15, -0.1) is 0 Å². The fourth-order valence-corrected chi connectivity index (χ4v) is 1.40. The minimum atomic E-state index is 0.754. The molecule has 0 heterocycles. The average Bonchev–Trinajstić information content (AvgIpc) is 2.25. The fourth-order valence-electron chi connectivity index (χ4n) is 1.21. The van der Waals surface area contributed by atoms with Gasteiger partial charge in [-0.25, -0.2) is 0 Å². The molecule has 0 fully saturated rings. The van der Waals surface area contributed by atoms with Crippen molar-refractivity contribution >= 4 is 22.0 Å². The third-order valence-electron chi connectivity index (χ3n) is 1.82. The zero-order valence-corrected chi connectivity index (χ0v) is 9.87. The van der Waals surface area contributed by atoms with Crippen molar-refractivity contribution in [2.75, 3.05) is 19.5 Å². The number of halogens is 1. The van der Waals surface area contributed by atoms with Crippen LogP contribution in [0.5, 0.6) is 11.5 Å². The van der Waals surface area contributed by atoms with Crippen LogP contribution in [0.15, 0.2) is 24.3 Å². The zero-order chi connectivity index (χ0) is 10.4. The Balaban J connectivity index is 3.08. The second-order valence-corrected chi connectivity index (χ2v) is 3.29. The minimum absolute atomic E-state index is 0.754. The van der Waals surface area contributed by atoms with Gasteiger partial charge >= 0.3 is 0 Å². The van der Waals surface area contributed by atoms with Gasteiger partial charge in [0.1, 0.15) is 0 Å². The van der Waals surface area contributed by atoms with Gasteiger partial charge in [0.15, 0.2) is 11.5 Å². The molecule has 0 N–H and O–H groups in total. The lowest BCUT2D eigenvalue weighted by atomic mass is 10.1. The van der Waals surface area contributed by atoms with E-state index in [0.29, 0.717) is 0 Å². The summed E-state index contributed by atoms with van der Waals surface area (Å²) in [6.45, 7) is 0. The summed E-state index contributed by atoms with van der Waals surface area (Å²) in [5, 5.41) is 0.827. The summed E-state index contributed by atoms with van der Waals surface area (Å²) < 4.78 is 10.5. The van der Waals surface area contributed by atoms with Crippen LogP contribution < -0.4 is 9.47 Å². The second-order valence-electron chi connectivity index (χ2n) is 2.64. The maximum atomic E-state index is 5.27. The van der Waals surface area contributed by atoms with Crippen molar-refractivity contribution in [1.29, 1.82) is 0 Å². The SMILES string of the molecule is COc1cccc(C=CCBr)c1OC. The zero-order valence-electron chi connectivity index (χ0n) is 8.29. The summed E-state index contributed by atoms with van der Waals surface area (Å²) in [7, 11) is 3.28. The van der Waals surface area contributed by atoms with Gasteiger partial charge in [0.2, 0.25) is 0 Å². The molecule has 0 aliphatic carbocycles. The quantitative estimate of drug-likeness (QED) is 0.771. The smallest absolute Gasteiger partial charge is 0.167 e. The highest BCUT2D eigenvalue weighted by Gasteiger charge is 2.05. The van der Waals surface area contributed by atoms with Gasteiger partial charge in [0, 0.05) is 10.9 Å². The number of rotatable bonds is 4. The minimum Gasteiger partial charge on any atom is -0.493 e. The Hall–Kier alpha value is -0.960. The lowest BCUT2D eigenvalue weighted by Gasteiger charge is -2.09. The van der Waals surface area contributed by atoms with Crippen LogP contribution in [-0.2, 0) is 0 Å². The fraction of sp³-hybridized carbons (Fsp3) is 0.273. The first-order chi connectivity index (χ1) is 6.83. The molecule has 0 saturated carbocycles. The summed E-state index contributed by atoms with van der Waals surface area (Å²) in [6.07, 6.45) is 4.01. The van der Waals surface area contributed by atoms with E-state index < -0.39 is 0 Å². The molecule has 0 atom stereocenters. The van der Waals surface area contributed by atoms with Gasteiger partial charge in [-0.2, -0.15) is 0 Å². The van der Waals surface area contributed by atoms with E-state index in [1.165, 1.54) is 0 Å². The number of benzene rings is 1. The summed E-state index contributed by atoms with van der Waals surface area (Å²) in [5.74, 6) is 1.52. The number of methoxy groups -OCH3 is 2. The van der Waals surface area contributed by atoms with E-state index >= 15 is 0 Å². The molecule has 76 valence electrons. The molecule has 0 spiro atoms. The molecular weight excluding hydrogens is 244 g/mol. The highest BCUT2D eigenvalue weighted by atomic mass is 79.9. The molecule has 2 nitrogen and oxygen atoms in total. The van der Waals surface area contributed by atoms with Crippen molar-refractivity contribution in [3.63, 3.8) is 0 Å². The van der Waals surface area contributed by atoms with E-state index in [1.807, 2.05) is 30.4 Å². The summed E-state index contributed by atoms with van der Waals surface area (Å²) in [5.41, 5.74) is 1.02. The number of para-hydroxylation sites is 1.